The first-order chi connectivity index (χ1) is 13.2. The van der Waals surface area contributed by atoms with Crippen LogP contribution < -0.4 is 0 Å². The van der Waals surface area contributed by atoms with Crippen LogP contribution in [0.3, 0.4) is 0 Å². The van der Waals surface area contributed by atoms with E-state index in [2.05, 4.69) is 9.88 Å². The summed E-state index contributed by atoms with van der Waals surface area (Å²) in [6, 6.07) is 9.10. The number of β-amino-alcohol motifs (C(OH)–C–C–N with tert-alkyl or cyclic N) is 1. The average Bonchev–Trinajstić information content (AvgIpc) is 2.97. The second-order valence-electron chi connectivity index (χ2n) is 7.01. The fourth-order valence-corrected chi connectivity index (χ4v) is 4.21. The molecular weight excluding hydrogens is 412 g/mol. The third kappa shape index (κ3) is 3.74. The molecule has 0 fully saturated rings. The molecule has 2 aromatic carbocycles. The molecule has 148 valence electrons. The average molecular weight is 429 g/mol. The molecule has 2 heterocycles. The third-order valence-corrected chi connectivity index (χ3v) is 5.68. The predicted molar refractivity (Wildman–Crippen MR) is 104 cm³/mol. The van der Waals surface area contributed by atoms with Crippen molar-refractivity contribution in [1.29, 1.82) is 0 Å². The van der Waals surface area contributed by atoms with E-state index in [1.54, 1.807) is 0 Å². The van der Waals surface area contributed by atoms with Crippen molar-refractivity contribution in [1.82, 2.24) is 9.88 Å². The zero-order valence-corrected chi connectivity index (χ0v) is 16.2. The van der Waals surface area contributed by atoms with Crippen molar-refractivity contribution in [2.45, 2.75) is 25.2 Å². The highest BCUT2D eigenvalue weighted by atomic mass is 35.5. The Morgan fingerprint density at radius 1 is 1.14 bits per heavy atom. The van der Waals surface area contributed by atoms with E-state index in [1.807, 2.05) is 18.2 Å². The van der Waals surface area contributed by atoms with E-state index in [0.29, 0.717) is 23.7 Å². The number of halogens is 5. The number of alkyl halides is 3. The van der Waals surface area contributed by atoms with E-state index in [0.717, 1.165) is 35.6 Å². The zero-order valence-electron chi connectivity index (χ0n) is 14.7. The van der Waals surface area contributed by atoms with Gasteiger partial charge in [0.25, 0.3) is 0 Å². The maximum atomic E-state index is 12.8. The molecule has 2 N–H and O–H groups in total. The molecule has 1 aromatic heterocycles. The summed E-state index contributed by atoms with van der Waals surface area (Å²) in [4.78, 5) is 5.46. The molecule has 3 nitrogen and oxygen atoms in total. The minimum atomic E-state index is -4.51. The summed E-state index contributed by atoms with van der Waals surface area (Å²) in [7, 11) is 0. The summed E-state index contributed by atoms with van der Waals surface area (Å²) in [5.74, 6) is 0. The Kier molecular flexibility index (Phi) is 5.08. The summed E-state index contributed by atoms with van der Waals surface area (Å²) in [5, 5.41) is 11.9. The quantitative estimate of drug-likeness (QED) is 0.570. The Balaban J connectivity index is 1.50. The van der Waals surface area contributed by atoms with Crippen molar-refractivity contribution in [3.63, 3.8) is 0 Å². The molecule has 8 heteroatoms. The Morgan fingerprint density at radius 2 is 1.93 bits per heavy atom. The van der Waals surface area contributed by atoms with Crippen LogP contribution in [0, 0.1) is 0 Å². The number of aliphatic hydroxyl groups excluding tert-OH is 1. The largest absolute Gasteiger partial charge is 0.417 e. The Morgan fingerprint density at radius 3 is 2.64 bits per heavy atom. The molecule has 0 saturated carbocycles. The number of hydrogen-bond acceptors (Lipinski definition) is 2. The Labute approximate surface area is 169 Å². The van der Waals surface area contributed by atoms with Crippen LogP contribution in [-0.4, -0.2) is 28.1 Å². The number of hydrogen-bond donors (Lipinski definition) is 2. The van der Waals surface area contributed by atoms with Crippen molar-refractivity contribution in [2.24, 2.45) is 0 Å². The van der Waals surface area contributed by atoms with E-state index in [-0.39, 0.29) is 0 Å². The number of benzene rings is 2. The zero-order chi connectivity index (χ0) is 20.1. The normalized spacial score (nSPS) is 16.4. The highest BCUT2D eigenvalue weighted by molar-refractivity contribution is 6.31. The molecule has 0 saturated heterocycles. The summed E-state index contributed by atoms with van der Waals surface area (Å²) in [5.41, 5.74) is 2.78. The second kappa shape index (κ2) is 7.26. The van der Waals surface area contributed by atoms with Gasteiger partial charge < -0.3 is 10.1 Å². The van der Waals surface area contributed by atoms with Crippen molar-refractivity contribution in [3.05, 3.63) is 68.8 Å². The van der Waals surface area contributed by atoms with Crippen molar-refractivity contribution >= 4 is 34.1 Å². The van der Waals surface area contributed by atoms with Crippen LogP contribution in [0.25, 0.3) is 10.9 Å². The summed E-state index contributed by atoms with van der Waals surface area (Å²) < 4.78 is 38.5. The first kappa shape index (κ1) is 19.6. The lowest BCUT2D eigenvalue weighted by Crippen LogP contribution is -2.33. The van der Waals surface area contributed by atoms with E-state index < -0.39 is 22.9 Å². The highest BCUT2D eigenvalue weighted by Crippen LogP contribution is 2.36. The monoisotopic (exact) mass is 428 g/mol. The third-order valence-electron chi connectivity index (χ3n) is 5.13. The van der Waals surface area contributed by atoms with Crippen LogP contribution in [-0.2, 0) is 19.1 Å². The minimum absolute atomic E-state index is 0.303. The van der Waals surface area contributed by atoms with Gasteiger partial charge in [-0.15, -0.1) is 0 Å². The number of nitrogens with zero attached hydrogens (tertiary/aromatic N) is 1. The minimum Gasteiger partial charge on any atom is -0.387 e. The van der Waals surface area contributed by atoms with Crippen LogP contribution in [0.5, 0.6) is 0 Å². The lowest BCUT2D eigenvalue weighted by Gasteiger charge is -2.29. The Bertz CT molecular complexity index is 1030. The van der Waals surface area contributed by atoms with Crippen LogP contribution in [0.2, 0.25) is 10.0 Å². The molecule has 0 radical (unpaired) electrons. The van der Waals surface area contributed by atoms with Crippen molar-refractivity contribution < 1.29 is 18.3 Å². The number of aromatic amines is 1. The molecule has 1 unspecified atom stereocenters. The SMILES string of the molecule is OC(CN1CCc2c([nH]c3ccc(Cl)cc23)C1)c1ccc(C(F)(F)F)c(Cl)c1. The van der Waals surface area contributed by atoms with Gasteiger partial charge in [-0.2, -0.15) is 13.2 Å². The molecule has 0 amide bonds. The molecule has 1 atom stereocenters. The Hall–Kier alpha value is -1.73. The molecule has 3 aromatic rings. The number of fused-ring (bicyclic) bond motifs is 3. The summed E-state index contributed by atoms with van der Waals surface area (Å²) >= 11 is 11.9. The highest BCUT2D eigenvalue weighted by Gasteiger charge is 2.33. The molecule has 28 heavy (non-hydrogen) atoms. The standard InChI is InChI=1S/C20H17Cl2F3N2O/c21-12-2-4-17-14(8-12)13-5-6-27(9-18(13)26-17)10-19(28)11-1-3-15(16(22)7-11)20(23,24)25/h1-4,7-8,19,26,28H,5-6,9-10H2. The molecule has 1 aliphatic rings. The number of aliphatic hydroxyl groups is 1. The molecule has 4 rings (SSSR count). The first-order valence-electron chi connectivity index (χ1n) is 8.78. The van der Waals surface area contributed by atoms with Gasteiger partial charge in [0.05, 0.1) is 16.7 Å². The maximum absolute atomic E-state index is 12.8. The van der Waals surface area contributed by atoms with E-state index in [1.165, 1.54) is 17.7 Å². The summed E-state index contributed by atoms with van der Waals surface area (Å²) in [6.45, 7) is 1.65. The van der Waals surface area contributed by atoms with Gasteiger partial charge in [0, 0.05) is 41.3 Å². The smallest absolute Gasteiger partial charge is 0.387 e. The van der Waals surface area contributed by atoms with Crippen LogP contribution in [0.4, 0.5) is 13.2 Å². The topological polar surface area (TPSA) is 39.3 Å². The van der Waals surface area contributed by atoms with Gasteiger partial charge in [-0.1, -0.05) is 29.3 Å². The van der Waals surface area contributed by atoms with Gasteiger partial charge in [-0.25, -0.2) is 0 Å². The second-order valence-corrected chi connectivity index (χ2v) is 7.85. The first-order valence-corrected chi connectivity index (χ1v) is 9.54. The molecule has 0 spiro atoms. The van der Waals surface area contributed by atoms with Crippen LogP contribution in [0.15, 0.2) is 36.4 Å². The van der Waals surface area contributed by atoms with Gasteiger partial charge in [0.15, 0.2) is 0 Å². The van der Waals surface area contributed by atoms with Gasteiger partial charge in [0.1, 0.15) is 0 Å². The number of aromatic nitrogens is 1. The molecule has 1 aliphatic heterocycles. The van der Waals surface area contributed by atoms with Gasteiger partial charge in [-0.05, 0) is 47.9 Å². The van der Waals surface area contributed by atoms with E-state index >= 15 is 0 Å². The van der Waals surface area contributed by atoms with Crippen molar-refractivity contribution in [3.8, 4) is 0 Å². The van der Waals surface area contributed by atoms with Crippen molar-refractivity contribution in [2.75, 3.05) is 13.1 Å². The van der Waals surface area contributed by atoms with E-state index in [4.69, 9.17) is 23.2 Å². The number of nitrogens with one attached hydrogen (secondary N) is 1. The molecule has 0 bridgehead atoms. The van der Waals surface area contributed by atoms with Crippen LogP contribution >= 0.6 is 23.2 Å². The molecular formula is C20H17Cl2F3N2O. The van der Waals surface area contributed by atoms with Gasteiger partial charge in [-0.3, -0.25) is 4.90 Å². The number of H-pyrrole nitrogens is 1. The van der Waals surface area contributed by atoms with Gasteiger partial charge in [0.2, 0.25) is 0 Å². The fraction of sp³-hybridized carbons (Fsp3) is 0.300. The van der Waals surface area contributed by atoms with Gasteiger partial charge >= 0.3 is 6.18 Å². The lowest BCUT2D eigenvalue weighted by molar-refractivity contribution is -0.137. The van der Waals surface area contributed by atoms with Crippen LogP contribution in [0.1, 0.15) is 28.5 Å². The molecule has 0 aliphatic carbocycles. The fourth-order valence-electron chi connectivity index (χ4n) is 3.74. The number of rotatable bonds is 3. The lowest BCUT2D eigenvalue weighted by atomic mass is 10.0. The summed E-state index contributed by atoms with van der Waals surface area (Å²) in [6.07, 6.45) is -4.64. The van der Waals surface area contributed by atoms with E-state index in [9.17, 15) is 18.3 Å². The predicted octanol–water partition coefficient (Wildman–Crippen LogP) is 5.59. The maximum Gasteiger partial charge on any atom is 0.417 e.